The smallest absolute Gasteiger partial charge is 0.344 e. The molecular weight excluding hydrogens is 588 g/mol. The van der Waals surface area contributed by atoms with Gasteiger partial charge in [0.05, 0.1) is 27.0 Å². The summed E-state index contributed by atoms with van der Waals surface area (Å²) in [4.78, 5) is 79.5. The topological polar surface area (TPSA) is 245 Å². The summed E-state index contributed by atoms with van der Waals surface area (Å²) in [5.41, 5.74) is -1.67. The number of hydrogen-bond donors (Lipinski definition) is 3. The number of thiazole rings is 1. The Balaban J connectivity index is 1.50. The second kappa shape index (κ2) is 11.7. The Bertz CT molecular complexity index is 1490. The van der Waals surface area contributed by atoms with Crippen molar-refractivity contribution in [1.29, 1.82) is 0 Å². The van der Waals surface area contributed by atoms with Crippen LogP contribution < -0.4 is 5.32 Å². The lowest BCUT2D eigenvalue weighted by atomic mass is 9.86. The van der Waals surface area contributed by atoms with E-state index in [0.717, 1.165) is 41.3 Å². The van der Waals surface area contributed by atoms with Crippen LogP contribution in [0.3, 0.4) is 0 Å². The molecule has 2 amide bonds. The van der Waals surface area contributed by atoms with Crippen LogP contribution in [0, 0.1) is 25.6 Å². The monoisotopic (exact) mass is 606 g/mol. The molecule has 4 rings (SSSR count). The number of amides is 2. The van der Waals surface area contributed by atoms with Gasteiger partial charge in [0.1, 0.15) is 22.5 Å². The number of thioether (sulfide) groups is 1. The van der Waals surface area contributed by atoms with Crippen LogP contribution in [0.2, 0.25) is 0 Å². The van der Waals surface area contributed by atoms with Gasteiger partial charge in [-0.3, -0.25) is 34.6 Å². The van der Waals surface area contributed by atoms with Crippen molar-refractivity contribution < 1.29 is 44.1 Å². The molecule has 1 aromatic carbocycles. The number of oxime groups is 1. The molecule has 2 unspecified atom stereocenters. The molecule has 2 fully saturated rings. The molecule has 3 atom stereocenters. The molecule has 0 aliphatic carbocycles. The van der Waals surface area contributed by atoms with Gasteiger partial charge in [-0.25, -0.2) is 9.78 Å². The van der Waals surface area contributed by atoms with Crippen LogP contribution in [0.1, 0.15) is 11.3 Å². The van der Waals surface area contributed by atoms with E-state index in [1.165, 1.54) is 27.9 Å². The standard InChI is InChI=1S/C22H18N6O11S2/c29-15(30)6-39-25-16(13-7-40-10-23-13)18(31)24-17-19(32)26-8-22(21(33)34,9-41-20(17)26)4-3-11-1-2-12(27(35)36)5-14(11)28(37)38/h1-5,7,10,17,20H,6,8-9H2,(H,24,31)(H,29,30)(H,33,34)/t17?,20-,22?/m1/s1. The highest BCUT2D eigenvalue weighted by Crippen LogP contribution is 2.43. The van der Waals surface area contributed by atoms with E-state index in [9.17, 15) is 44.5 Å². The van der Waals surface area contributed by atoms with E-state index in [0.29, 0.717) is 0 Å². The van der Waals surface area contributed by atoms with E-state index >= 15 is 0 Å². The van der Waals surface area contributed by atoms with Gasteiger partial charge < -0.3 is 25.3 Å². The Labute approximate surface area is 236 Å². The Kier molecular flexibility index (Phi) is 8.28. The summed E-state index contributed by atoms with van der Waals surface area (Å²) in [6.45, 7) is -1.12. The minimum atomic E-state index is -1.65. The number of aromatic nitrogens is 1. The maximum Gasteiger partial charge on any atom is 0.344 e. The largest absolute Gasteiger partial charge is 0.481 e. The highest BCUT2D eigenvalue weighted by atomic mass is 32.2. The fraction of sp³-hybridized carbons (Fsp3) is 0.273. The van der Waals surface area contributed by atoms with Gasteiger partial charge in [0.15, 0.2) is 5.71 Å². The molecule has 0 bridgehead atoms. The lowest BCUT2D eigenvalue weighted by Gasteiger charge is -2.53. The van der Waals surface area contributed by atoms with Crippen molar-refractivity contribution in [3.05, 3.63) is 66.7 Å². The number of nitro benzene ring substituents is 2. The van der Waals surface area contributed by atoms with Crippen molar-refractivity contribution >= 4 is 70.0 Å². The third kappa shape index (κ3) is 5.99. The van der Waals surface area contributed by atoms with E-state index in [-0.39, 0.29) is 29.3 Å². The number of nitrogens with zero attached hydrogens (tertiary/aromatic N) is 5. The molecule has 214 valence electrons. The highest BCUT2D eigenvalue weighted by molar-refractivity contribution is 8.00. The molecule has 2 aromatic rings. The molecule has 2 saturated heterocycles. The predicted molar refractivity (Wildman–Crippen MR) is 141 cm³/mol. The summed E-state index contributed by atoms with van der Waals surface area (Å²) >= 11 is 2.20. The zero-order valence-corrected chi connectivity index (χ0v) is 22.1. The number of rotatable bonds is 11. The van der Waals surface area contributed by atoms with E-state index in [4.69, 9.17) is 5.11 Å². The lowest BCUT2D eigenvalue weighted by molar-refractivity contribution is -0.394. The number of nitro groups is 2. The molecule has 3 N–H and O–H groups in total. The van der Waals surface area contributed by atoms with Gasteiger partial charge in [-0.1, -0.05) is 17.3 Å². The fourth-order valence-electron chi connectivity index (χ4n) is 3.99. The van der Waals surface area contributed by atoms with Crippen molar-refractivity contribution in [2.45, 2.75) is 11.4 Å². The Hall–Kier alpha value is -4.91. The van der Waals surface area contributed by atoms with Crippen molar-refractivity contribution in [1.82, 2.24) is 15.2 Å². The van der Waals surface area contributed by atoms with Crippen LogP contribution in [0.15, 0.2) is 40.3 Å². The first kappa shape index (κ1) is 29.1. The number of fused-ring (bicyclic) bond motifs is 1. The van der Waals surface area contributed by atoms with Crippen molar-refractivity contribution in [3.63, 3.8) is 0 Å². The molecule has 3 heterocycles. The summed E-state index contributed by atoms with van der Waals surface area (Å²) in [5, 5.41) is 48.1. The molecule has 41 heavy (non-hydrogen) atoms. The third-order valence-electron chi connectivity index (χ3n) is 6.06. The third-order valence-corrected chi connectivity index (χ3v) is 8.19. The van der Waals surface area contributed by atoms with Gasteiger partial charge in [0, 0.05) is 23.7 Å². The van der Waals surface area contributed by atoms with Gasteiger partial charge in [0.25, 0.3) is 17.3 Å². The van der Waals surface area contributed by atoms with Crippen LogP contribution >= 0.6 is 23.1 Å². The number of non-ortho nitro benzene ring substituents is 1. The second-order valence-electron chi connectivity index (χ2n) is 8.65. The maximum absolute atomic E-state index is 12.9. The Morgan fingerprint density at radius 2 is 2.02 bits per heavy atom. The van der Waals surface area contributed by atoms with E-state index in [2.05, 4.69) is 20.3 Å². The molecule has 0 saturated carbocycles. The van der Waals surface area contributed by atoms with Gasteiger partial charge in [-0.05, 0) is 6.07 Å². The first-order valence-corrected chi connectivity index (χ1v) is 13.3. The summed E-state index contributed by atoms with van der Waals surface area (Å²) in [6, 6.07) is 1.89. The number of nitrogens with one attached hydrogen (secondary N) is 1. The van der Waals surface area contributed by atoms with E-state index in [1.54, 1.807) is 0 Å². The fourth-order valence-corrected chi connectivity index (χ4v) is 6.04. The zero-order chi connectivity index (χ0) is 29.9. The van der Waals surface area contributed by atoms with Crippen LogP contribution in [0.25, 0.3) is 6.08 Å². The SMILES string of the molecule is O=C(O)CON=C(C(=O)NC1C(=O)N2CC(C=Cc3ccc([N+](=O)[O-])cc3[N+](=O)[O-])(C(=O)O)CS[C@H]12)c1cscn1. The van der Waals surface area contributed by atoms with Crippen molar-refractivity contribution in [2.75, 3.05) is 18.9 Å². The minimum Gasteiger partial charge on any atom is -0.481 e. The summed E-state index contributed by atoms with van der Waals surface area (Å²) in [5.74, 6) is -4.16. The second-order valence-corrected chi connectivity index (χ2v) is 10.5. The number of carbonyl (C=O) groups excluding carboxylic acids is 2. The normalized spacial score (nSPS) is 22.0. The Morgan fingerprint density at radius 1 is 1.27 bits per heavy atom. The Morgan fingerprint density at radius 3 is 2.63 bits per heavy atom. The molecule has 17 nitrogen and oxygen atoms in total. The van der Waals surface area contributed by atoms with Crippen molar-refractivity contribution in [2.24, 2.45) is 10.6 Å². The molecule has 2 aliphatic heterocycles. The molecule has 19 heteroatoms. The number of carbonyl (C=O) groups is 4. The number of hydrogen-bond acceptors (Lipinski definition) is 13. The molecule has 1 aromatic heterocycles. The summed E-state index contributed by atoms with van der Waals surface area (Å²) < 4.78 is 0. The number of benzene rings is 1. The number of aliphatic carboxylic acids is 2. The molecule has 0 radical (unpaired) electrons. The van der Waals surface area contributed by atoms with Crippen LogP contribution in [0.5, 0.6) is 0 Å². The molecule has 2 aliphatic rings. The first-order chi connectivity index (χ1) is 19.4. The van der Waals surface area contributed by atoms with Gasteiger partial charge in [-0.2, -0.15) is 0 Å². The summed E-state index contributed by atoms with van der Waals surface area (Å²) in [6.07, 6.45) is 2.38. The minimum absolute atomic E-state index is 0.0626. The van der Waals surface area contributed by atoms with Crippen LogP contribution in [-0.2, 0) is 24.0 Å². The molecular formula is C22H18N6O11S2. The van der Waals surface area contributed by atoms with Gasteiger partial charge >= 0.3 is 11.9 Å². The van der Waals surface area contributed by atoms with Crippen molar-refractivity contribution in [3.8, 4) is 0 Å². The number of carboxylic acids is 2. The van der Waals surface area contributed by atoms with Crippen LogP contribution in [-0.4, -0.2) is 89.7 Å². The zero-order valence-electron chi connectivity index (χ0n) is 20.4. The number of carboxylic acid groups (broad SMARTS) is 2. The van der Waals surface area contributed by atoms with E-state index < -0.39 is 68.4 Å². The van der Waals surface area contributed by atoms with Gasteiger partial charge in [0.2, 0.25) is 12.5 Å². The predicted octanol–water partition coefficient (Wildman–Crippen LogP) is 0.949. The average Bonchev–Trinajstić information content (AvgIpc) is 3.46. The molecule has 0 spiro atoms. The first-order valence-electron chi connectivity index (χ1n) is 11.3. The quantitative estimate of drug-likeness (QED) is 0.140. The average molecular weight is 607 g/mol. The number of β-lactam (4-membered cyclic amide) rings is 1. The highest BCUT2D eigenvalue weighted by Gasteiger charge is 2.57. The summed E-state index contributed by atoms with van der Waals surface area (Å²) in [7, 11) is 0. The van der Waals surface area contributed by atoms with E-state index in [1.807, 2.05) is 0 Å². The van der Waals surface area contributed by atoms with Gasteiger partial charge in [-0.15, -0.1) is 23.1 Å². The maximum atomic E-state index is 12.9. The van der Waals surface area contributed by atoms with Crippen LogP contribution in [0.4, 0.5) is 11.4 Å². The lowest BCUT2D eigenvalue weighted by Crippen LogP contribution is -2.73.